The van der Waals surface area contributed by atoms with Gasteiger partial charge in [0.05, 0.1) is 17.9 Å². The lowest BCUT2D eigenvalue weighted by molar-refractivity contribution is 0.0740. The van der Waals surface area contributed by atoms with Gasteiger partial charge in [-0.3, -0.25) is 9.36 Å². The summed E-state index contributed by atoms with van der Waals surface area (Å²) < 4.78 is 28.6. The third kappa shape index (κ3) is 2.39. The summed E-state index contributed by atoms with van der Waals surface area (Å²) in [4.78, 5) is 19.4. The van der Waals surface area contributed by atoms with Gasteiger partial charge in [-0.2, -0.15) is 4.31 Å². The minimum Gasteiger partial charge on any atom is -0.335 e. The number of rotatable bonds is 1. The molecule has 1 saturated heterocycles. The zero-order chi connectivity index (χ0) is 17.8. The van der Waals surface area contributed by atoms with Gasteiger partial charge in [0, 0.05) is 19.6 Å². The van der Waals surface area contributed by atoms with Crippen LogP contribution in [0.5, 0.6) is 0 Å². The Morgan fingerprint density at radius 2 is 2.04 bits per heavy atom. The molecule has 132 valence electrons. The number of fused-ring (bicyclic) bond motifs is 3. The van der Waals surface area contributed by atoms with E-state index in [4.69, 9.17) is 0 Å². The highest BCUT2D eigenvalue weighted by atomic mass is 32.2. The quantitative estimate of drug-likeness (QED) is 0.775. The van der Waals surface area contributed by atoms with Gasteiger partial charge in [0.1, 0.15) is 11.2 Å². The minimum atomic E-state index is -3.61. The topological polar surface area (TPSA) is 75.5 Å². The lowest BCUT2D eigenvalue weighted by Crippen LogP contribution is -2.35. The molecule has 2 aromatic rings. The van der Waals surface area contributed by atoms with Crippen LogP contribution >= 0.6 is 0 Å². The molecule has 2 aliphatic heterocycles. The maximum atomic E-state index is 13.0. The van der Waals surface area contributed by atoms with E-state index in [2.05, 4.69) is 4.98 Å². The summed E-state index contributed by atoms with van der Waals surface area (Å²) in [7, 11) is -2.08. The first-order valence-electron chi connectivity index (χ1n) is 8.34. The van der Waals surface area contributed by atoms with Gasteiger partial charge in [-0.25, -0.2) is 13.4 Å². The predicted octanol–water partition coefficient (Wildman–Crippen LogP) is 1.63. The molecule has 7 nitrogen and oxygen atoms in total. The second-order valence-corrected chi connectivity index (χ2v) is 8.64. The summed E-state index contributed by atoms with van der Waals surface area (Å²) in [5, 5.41) is 0. The fourth-order valence-corrected chi connectivity index (χ4v) is 4.93. The van der Waals surface area contributed by atoms with Gasteiger partial charge in [-0.1, -0.05) is 12.1 Å². The zero-order valence-corrected chi connectivity index (χ0v) is 15.0. The average Bonchev–Trinajstić information content (AvgIpc) is 3.18. The maximum absolute atomic E-state index is 13.0. The van der Waals surface area contributed by atoms with Crippen molar-refractivity contribution in [3.63, 3.8) is 0 Å². The summed E-state index contributed by atoms with van der Waals surface area (Å²) in [6.45, 7) is 2.86. The molecule has 25 heavy (non-hydrogen) atoms. The summed E-state index contributed by atoms with van der Waals surface area (Å²) >= 11 is 0. The third-order valence-corrected chi connectivity index (χ3v) is 6.92. The highest BCUT2D eigenvalue weighted by Crippen LogP contribution is 2.31. The Balaban J connectivity index is 1.87. The highest BCUT2D eigenvalue weighted by molar-refractivity contribution is 7.89. The van der Waals surface area contributed by atoms with Crippen molar-refractivity contribution in [2.75, 3.05) is 13.6 Å². The second kappa shape index (κ2) is 5.67. The first kappa shape index (κ1) is 16.3. The molecule has 0 saturated carbocycles. The molecule has 0 aliphatic carbocycles. The molecule has 0 spiro atoms. The third-order valence-electron chi connectivity index (χ3n) is 5.07. The smallest absolute Gasteiger partial charge is 0.274 e. The molecule has 0 N–H and O–H groups in total. The molecule has 0 radical (unpaired) electrons. The summed E-state index contributed by atoms with van der Waals surface area (Å²) in [5.74, 6) is -0.121. The molecular formula is C17H20N4O3S. The zero-order valence-electron chi connectivity index (χ0n) is 14.2. The SMILES string of the molecule is C[C@@H]1CCCN1C(=O)c1ncn2c1CN(C)S(=O)(=O)c1ccccc1-2. The molecule has 2 aliphatic rings. The summed E-state index contributed by atoms with van der Waals surface area (Å²) in [5.41, 5.74) is 1.48. The number of para-hydroxylation sites is 1. The van der Waals surface area contributed by atoms with Crippen LogP contribution in [0.25, 0.3) is 5.69 Å². The molecule has 1 fully saturated rings. The van der Waals surface area contributed by atoms with E-state index in [1.54, 1.807) is 35.2 Å². The van der Waals surface area contributed by atoms with Crippen molar-refractivity contribution >= 4 is 15.9 Å². The second-order valence-electron chi connectivity index (χ2n) is 6.63. The summed E-state index contributed by atoms with van der Waals surface area (Å²) in [6.07, 6.45) is 3.52. The molecule has 1 atom stereocenters. The fraction of sp³-hybridized carbons (Fsp3) is 0.412. The Bertz CT molecular complexity index is 951. The van der Waals surface area contributed by atoms with E-state index in [-0.39, 0.29) is 23.4 Å². The molecule has 1 aromatic carbocycles. The van der Waals surface area contributed by atoms with Crippen LogP contribution < -0.4 is 0 Å². The number of benzene rings is 1. The predicted molar refractivity (Wildman–Crippen MR) is 91.9 cm³/mol. The number of carbonyl (C=O) groups excluding carboxylic acids is 1. The van der Waals surface area contributed by atoms with Crippen molar-refractivity contribution in [2.45, 2.75) is 37.2 Å². The van der Waals surface area contributed by atoms with Gasteiger partial charge < -0.3 is 4.90 Å². The molecule has 0 bridgehead atoms. The molecule has 1 aromatic heterocycles. The molecular weight excluding hydrogens is 340 g/mol. The first-order valence-corrected chi connectivity index (χ1v) is 9.78. The van der Waals surface area contributed by atoms with E-state index in [9.17, 15) is 13.2 Å². The van der Waals surface area contributed by atoms with Crippen LogP contribution in [-0.2, 0) is 16.6 Å². The molecule has 3 heterocycles. The Hall–Kier alpha value is -2.19. The van der Waals surface area contributed by atoms with Crippen LogP contribution in [0.1, 0.15) is 35.9 Å². The van der Waals surface area contributed by atoms with Crippen LogP contribution in [0, 0.1) is 0 Å². The van der Waals surface area contributed by atoms with Crippen LogP contribution in [0.4, 0.5) is 0 Å². The Kier molecular flexibility index (Phi) is 3.69. The van der Waals surface area contributed by atoms with E-state index >= 15 is 0 Å². The van der Waals surface area contributed by atoms with Crippen LogP contribution in [0.2, 0.25) is 0 Å². The van der Waals surface area contributed by atoms with Crippen LogP contribution in [0.3, 0.4) is 0 Å². The van der Waals surface area contributed by atoms with Gasteiger partial charge >= 0.3 is 0 Å². The van der Waals surface area contributed by atoms with Crippen molar-refractivity contribution in [1.82, 2.24) is 18.8 Å². The number of likely N-dealkylation sites (tertiary alicyclic amines) is 1. The number of aromatic nitrogens is 2. The standard InChI is InChI=1S/C17H20N4O3S/c1-12-6-5-9-20(12)17(22)16-14-10-19(2)25(23,24)15-8-4-3-7-13(15)21(14)11-18-16/h3-4,7-8,11-12H,5-6,9-10H2,1-2H3/t12-/m1/s1. The maximum Gasteiger partial charge on any atom is 0.274 e. The van der Waals surface area contributed by atoms with E-state index in [1.807, 2.05) is 11.8 Å². The van der Waals surface area contributed by atoms with Crippen LogP contribution in [-0.4, -0.2) is 52.7 Å². The number of hydrogen-bond acceptors (Lipinski definition) is 4. The lowest BCUT2D eigenvalue weighted by Gasteiger charge is -2.21. The minimum absolute atomic E-state index is 0.111. The normalized spacial score (nSPS) is 22.3. The number of carbonyl (C=O) groups is 1. The molecule has 0 unspecified atom stereocenters. The highest BCUT2D eigenvalue weighted by Gasteiger charge is 2.35. The van der Waals surface area contributed by atoms with E-state index in [0.29, 0.717) is 17.1 Å². The Labute approximate surface area is 146 Å². The van der Waals surface area contributed by atoms with Crippen molar-refractivity contribution in [3.05, 3.63) is 42.0 Å². The van der Waals surface area contributed by atoms with Gasteiger partial charge in [0.15, 0.2) is 5.69 Å². The van der Waals surface area contributed by atoms with Crippen molar-refractivity contribution in [1.29, 1.82) is 0 Å². The number of amides is 1. The molecule has 8 heteroatoms. The van der Waals surface area contributed by atoms with Gasteiger partial charge in [0.2, 0.25) is 10.0 Å². The van der Waals surface area contributed by atoms with Gasteiger partial charge in [-0.15, -0.1) is 0 Å². The van der Waals surface area contributed by atoms with Crippen molar-refractivity contribution in [3.8, 4) is 5.69 Å². The molecule has 1 amide bonds. The lowest BCUT2D eigenvalue weighted by atomic mass is 10.2. The van der Waals surface area contributed by atoms with E-state index in [1.165, 1.54) is 11.4 Å². The number of sulfonamides is 1. The van der Waals surface area contributed by atoms with E-state index < -0.39 is 10.0 Å². The van der Waals surface area contributed by atoms with Crippen molar-refractivity contribution < 1.29 is 13.2 Å². The molecule has 4 rings (SSSR count). The Morgan fingerprint density at radius 3 is 2.76 bits per heavy atom. The van der Waals surface area contributed by atoms with Gasteiger partial charge in [0.25, 0.3) is 5.91 Å². The average molecular weight is 360 g/mol. The van der Waals surface area contributed by atoms with Gasteiger partial charge in [-0.05, 0) is 31.9 Å². The largest absolute Gasteiger partial charge is 0.335 e. The van der Waals surface area contributed by atoms with Crippen molar-refractivity contribution in [2.24, 2.45) is 0 Å². The number of nitrogens with zero attached hydrogens (tertiary/aromatic N) is 4. The summed E-state index contributed by atoms with van der Waals surface area (Å²) in [6, 6.07) is 6.99. The number of hydrogen-bond donors (Lipinski definition) is 0. The first-order chi connectivity index (χ1) is 11.9. The fourth-order valence-electron chi connectivity index (χ4n) is 3.62. The monoisotopic (exact) mass is 360 g/mol. The van der Waals surface area contributed by atoms with Crippen LogP contribution in [0.15, 0.2) is 35.5 Å². The number of imidazole rings is 1. The van der Waals surface area contributed by atoms with E-state index in [0.717, 1.165) is 19.4 Å². The Morgan fingerprint density at radius 1 is 1.28 bits per heavy atom.